The summed E-state index contributed by atoms with van der Waals surface area (Å²) in [5.74, 6) is -1.88. The number of esters is 2. The number of amides is 2. The molecule has 1 aliphatic carbocycles. The molecule has 240 valence electrons. The van der Waals surface area contributed by atoms with E-state index in [4.69, 9.17) is 14.2 Å². The summed E-state index contributed by atoms with van der Waals surface area (Å²) in [4.78, 5) is 56.7. The summed E-state index contributed by atoms with van der Waals surface area (Å²) >= 11 is 0. The third-order valence-corrected chi connectivity index (χ3v) is 14.3. The first-order chi connectivity index (χ1) is 22.8. The molecule has 2 aromatic rings. The summed E-state index contributed by atoms with van der Waals surface area (Å²) < 4.78 is 17.5. The molecule has 6 aliphatic heterocycles. The molecule has 0 unspecified atom stereocenters. The number of carbonyl (C=O) groups is 4. The number of piperazine rings is 1. The molecule has 2 bridgehead atoms. The normalized spacial score (nSPS) is 32.1. The largest absolute Gasteiger partial charge is 0.473 e. The van der Waals surface area contributed by atoms with E-state index in [1.54, 1.807) is 46.2 Å². The number of aliphatic hydroxyl groups excluding tert-OH is 1. The third-order valence-electron chi connectivity index (χ3n) is 9.28. The van der Waals surface area contributed by atoms with Gasteiger partial charge in [-0.1, -0.05) is 72.8 Å². The van der Waals surface area contributed by atoms with Crippen LogP contribution in [0.15, 0.2) is 109 Å². The zero-order valence-corrected chi connectivity index (χ0v) is 27.1. The zero-order valence-electron chi connectivity index (χ0n) is 24.7. The van der Waals surface area contributed by atoms with Gasteiger partial charge in [0.1, 0.15) is 12.2 Å². The number of hydrogen-bond acceptors (Lipinski definition) is 11. The zero-order chi connectivity index (χ0) is 32.3. The fourth-order valence-electron chi connectivity index (χ4n) is 7.24. The van der Waals surface area contributed by atoms with Crippen LogP contribution in [0.5, 0.6) is 0 Å². The molecule has 0 aromatic heterocycles. The summed E-state index contributed by atoms with van der Waals surface area (Å²) in [5.41, 5.74) is 2.63. The maximum absolute atomic E-state index is 14.9. The number of carbonyl (C=O) groups excluding carboxylic acids is 4. The van der Waals surface area contributed by atoms with Crippen LogP contribution in [0.4, 0.5) is 0 Å². The van der Waals surface area contributed by atoms with Gasteiger partial charge in [0.25, 0.3) is 11.8 Å². The number of aliphatic hydroxyl groups is 1. The monoisotopic (exact) mass is 688 g/mol. The first-order valence-electron chi connectivity index (χ1n) is 15.1. The van der Waals surface area contributed by atoms with Crippen molar-refractivity contribution >= 4 is 55.2 Å². The smallest absolute Gasteiger partial charge is 0.340 e. The molecule has 10 nitrogen and oxygen atoms in total. The Balaban J connectivity index is 1.11. The van der Waals surface area contributed by atoms with Gasteiger partial charge >= 0.3 is 11.9 Å². The highest BCUT2D eigenvalue weighted by Crippen LogP contribution is 2.69. The van der Waals surface area contributed by atoms with Crippen LogP contribution in [0.1, 0.15) is 30.1 Å². The van der Waals surface area contributed by atoms with Gasteiger partial charge in [0.2, 0.25) is 0 Å². The van der Waals surface area contributed by atoms with Crippen LogP contribution in [-0.2, 0) is 39.8 Å². The van der Waals surface area contributed by atoms with E-state index >= 15 is 0 Å². The molecule has 13 heteroatoms. The second-order valence-corrected chi connectivity index (χ2v) is 16.5. The molecular weight excluding hydrogens is 661 g/mol. The van der Waals surface area contributed by atoms with Crippen LogP contribution < -0.4 is 0 Å². The first-order valence-corrected chi connectivity index (χ1v) is 18.6. The number of allylic oxidation sites excluding steroid dienone is 2. The van der Waals surface area contributed by atoms with Crippen molar-refractivity contribution in [2.24, 2.45) is 0 Å². The molecule has 2 amide bonds. The Morgan fingerprint density at radius 3 is 2.19 bits per heavy atom. The van der Waals surface area contributed by atoms with Gasteiger partial charge in [-0.3, -0.25) is 14.4 Å². The predicted molar refractivity (Wildman–Crippen MR) is 176 cm³/mol. The number of nitrogens with zero attached hydrogens (tertiary/aromatic N) is 2. The summed E-state index contributed by atoms with van der Waals surface area (Å²) in [6, 6.07) is 16.3. The van der Waals surface area contributed by atoms with Gasteiger partial charge in [0.15, 0.2) is 15.8 Å². The molecule has 0 radical (unpaired) electrons. The van der Waals surface area contributed by atoms with Gasteiger partial charge in [-0.25, -0.2) is 4.79 Å². The molecular formula is C34H28N2O8S3. The van der Waals surface area contributed by atoms with Gasteiger partial charge < -0.3 is 29.1 Å². The Morgan fingerprint density at radius 1 is 0.872 bits per heavy atom. The lowest BCUT2D eigenvalue weighted by Crippen LogP contribution is -2.73. The highest BCUT2D eigenvalue weighted by Gasteiger charge is 2.75. The minimum absolute atomic E-state index is 0.0789. The number of fused-ring (bicyclic) bond motifs is 4. The molecule has 1 N–H and O–H groups in total. The molecule has 2 spiro atoms. The van der Waals surface area contributed by atoms with E-state index < -0.39 is 52.1 Å². The van der Waals surface area contributed by atoms with Crippen molar-refractivity contribution in [1.82, 2.24) is 9.80 Å². The average molecular weight is 689 g/mol. The van der Waals surface area contributed by atoms with Crippen molar-refractivity contribution < 1.29 is 38.5 Å². The molecule has 2 aromatic carbocycles. The van der Waals surface area contributed by atoms with Crippen LogP contribution in [0, 0.1) is 0 Å². The Hall–Kier alpha value is -3.91. The quantitative estimate of drug-likeness (QED) is 0.344. The minimum Gasteiger partial charge on any atom is -0.473 e. The van der Waals surface area contributed by atoms with E-state index in [1.165, 1.54) is 50.0 Å². The molecule has 5 saturated heterocycles. The Bertz CT molecular complexity index is 1780. The molecule has 9 rings (SSSR count). The fourth-order valence-corrected chi connectivity index (χ4v) is 13.2. The van der Waals surface area contributed by atoms with Gasteiger partial charge in [-0.15, -0.1) is 0 Å². The highest BCUT2D eigenvalue weighted by molar-refractivity contribution is 9.10. The molecule has 5 fully saturated rings. The van der Waals surface area contributed by atoms with Crippen molar-refractivity contribution in [1.29, 1.82) is 0 Å². The number of ether oxygens (including phenoxy) is 3. The second kappa shape index (κ2) is 11.7. The van der Waals surface area contributed by atoms with Gasteiger partial charge in [0, 0.05) is 12.8 Å². The summed E-state index contributed by atoms with van der Waals surface area (Å²) in [6.07, 6.45) is 7.02. The van der Waals surface area contributed by atoms with E-state index in [9.17, 15) is 24.3 Å². The fraction of sp³-hybridized carbons (Fsp3) is 0.294. The van der Waals surface area contributed by atoms with Crippen molar-refractivity contribution in [2.75, 3.05) is 0 Å². The lowest BCUT2D eigenvalue weighted by molar-refractivity contribution is -0.173. The van der Waals surface area contributed by atoms with Gasteiger partial charge in [0.05, 0.1) is 31.0 Å². The van der Waals surface area contributed by atoms with Gasteiger partial charge in [-0.2, -0.15) is 0 Å². The van der Waals surface area contributed by atoms with Crippen molar-refractivity contribution in [3.05, 3.63) is 120 Å². The SMILES string of the molecule is O=C(Cc1ccccc1)O[C@H]1C=CC=C2C[C@]34SSS[C@@]5(CC6=COC=C[C@H](OC(=O)[C@H](O)c7ccccc7)[C@H]6N5C3=O)C(=O)N4[C@@H]21. The maximum Gasteiger partial charge on any atom is 0.340 e. The van der Waals surface area contributed by atoms with Crippen LogP contribution in [0.25, 0.3) is 0 Å². The molecule has 0 saturated carbocycles. The van der Waals surface area contributed by atoms with E-state index in [-0.39, 0.29) is 31.1 Å². The van der Waals surface area contributed by atoms with Crippen molar-refractivity contribution in [3.63, 3.8) is 0 Å². The summed E-state index contributed by atoms with van der Waals surface area (Å²) in [7, 11) is 4.01. The van der Waals surface area contributed by atoms with Crippen molar-refractivity contribution in [3.8, 4) is 0 Å². The predicted octanol–water partition coefficient (Wildman–Crippen LogP) is 4.36. The van der Waals surface area contributed by atoms with Crippen LogP contribution in [0.3, 0.4) is 0 Å². The lowest BCUT2D eigenvalue weighted by atomic mass is 9.96. The summed E-state index contributed by atoms with van der Waals surface area (Å²) in [5, 5.41) is 10.8. The highest BCUT2D eigenvalue weighted by atomic mass is 33.5. The first kappa shape index (κ1) is 30.4. The maximum atomic E-state index is 14.9. The van der Waals surface area contributed by atoms with E-state index in [1.807, 2.05) is 42.5 Å². The summed E-state index contributed by atoms with van der Waals surface area (Å²) in [6.45, 7) is 0. The Morgan fingerprint density at radius 2 is 1.49 bits per heavy atom. The van der Waals surface area contributed by atoms with Crippen LogP contribution >= 0.6 is 31.4 Å². The van der Waals surface area contributed by atoms with Crippen molar-refractivity contribution in [2.45, 2.75) is 59.4 Å². The number of hydrogen-bond donors (Lipinski definition) is 1. The minimum atomic E-state index is -1.54. The number of rotatable bonds is 6. The molecule has 47 heavy (non-hydrogen) atoms. The lowest BCUT2D eigenvalue weighted by Gasteiger charge is -2.51. The Kier molecular flexibility index (Phi) is 7.54. The molecule has 7 atom stereocenters. The standard InChI is InChI=1S/C34H28N2O8S3/c37-26(16-20-8-3-1-4-9-20)43-24-13-7-12-22-17-33-31(40)36-28-23(18-34(36,46-47-45-33)32(41)35(33)27(22)24)19-42-15-14-25(28)44-30(39)29(38)21-10-5-2-6-11-21/h1-15,19,24-25,27-29,38H,16-18H2/t24-,25-,27-,28-,29+,33-,34-/m0/s1. The molecule has 6 heterocycles. The van der Waals surface area contributed by atoms with E-state index in [2.05, 4.69) is 0 Å². The third kappa shape index (κ3) is 4.77. The average Bonchev–Trinajstić information content (AvgIpc) is 3.44. The van der Waals surface area contributed by atoms with E-state index in [0.717, 1.165) is 11.1 Å². The Labute approximate surface area is 281 Å². The topological polar surface area (TPSA) is 123 Å². The van der Waals surface area contributed by atoms with E-state index in [0.29, 0.717) is 11.1 Å². The van der Waals surface area contributed by atoms with Gasteiger partial charge in [-0.05, 0) is 65.8 Å². The van der Waals surface area contributed by atoms with Crippen LogP contribution in [0.2, 0.25) is 0 Å². The van der Waals surface area contributed by atoms with Crippen LogP contribution in [-0.4, -0.2) is 72.7 Å². The molecule has 7 aliphatic rings. The second-order valence-electron chi connectivity index (χ2n) is 12.0. The number of benzene rings is 2.